The summed E-state index contributed by atoms with van der Waals surface area (Å²) in [5, 5.41) is 0. The van der Waals surface area contributed by atoms with E-state index in [9.17, 15) is 0 Å². The number of rotatable bonds is 17. The Morgan fingerprint density at radius 3 is 0.800 bits per heavy atom. The maximum atomic E-state index is 5.79. The molecule has 0 atom stereocenters. The van der Waals surface area contributed by atoms with Gasteiger partial charge in [0.2, 0.25) is 0 Å². The first-order chi connectivity index (χ1) is 19.6. The van der Waals surface area contributed by atoms with Crippen LogP contribution in [-0.4, -0.2) is 0 Å². The van der Waals surface area contributed by atoms with E-state index in [0.717, 1.165) is 24.2 Å². The molecule has 210 valence electrons. The number of nitrogens with two attached hydrogens (primary N) is 2. The third-order valence-electron chi connectivity index (χ3n) is 8.00. The maximum absolute atomic E-state index is 5.79. The molecule has 0 spiro atoms. The molecule has 0 heterocycles. The summed E-state index contributed by atoms with van der Waals surface area (Å²) in [4.78, 5) is 0. The fourth-order valence-electron chi connectivity index (χ4n) is 5.46. The molecule has 4 rings (SSSR count). The number of aryl methyl sites for hydroxylation is 2. The predicted molar refractivity (Wildman–Crippen MR) is 174 cm³/mol. The first-order valence-electron chi connectivity index (χ1n) is 15.5. The third kappa shape index (κ3) is 10.9. The number of nitrogen functional groups attached to an aromatic ring is 2. The van der Waals surface area contributed by atoms with Crippen molar-refractivity contribution in [3.05, 3.63) is 130 Å². The average molecular weight is 533 g/mol. The molecule has 0 unspecified atom stereocenters. The van der Waals surface area contributed by atoms with Gasteiger partial charge in [-0.3, -0.25) is 0 Å². The molecular formula is C38H48N2. The summed E-state index contributed by atoms with van der Waals surface area (Å²) in [6.45, 7) is 0. The summed E-state index contributed by atoms with van der Waals surface area (Å²) in [6.07, 6.45) is 18.0. The summed E-state index contributed by atoms with van der Waals surface area (Å²) in [6, 6.07) is 34.8. The molecule has 2 nitrogen and oxygen atoms in total. The zero-order valence-electron chi connectivity index (χ0n) is 24.3. The van der Waals surface area contributed by atoms with E-state index in [1.54, 1.807) is 0 Å². The number of benzene rings is 4. The number of hydrogen-bond acceptors (Lipinski definition) is 2. The van der Waals surface area contributed by atoms with Crippen LogP contribution in [0.4, 0.5) is 11.4 Å². The van der Waals surface area contributed by atoms with Crippen molar-refractivity contribution in [1.82, 2.24) is 0 Å². The molecule has 4 aromatic rings. The van der Waals surface area contributed by atoms with Crippen molar-refractivity contribution < 1.29 is 0 Å². The van der Waals surface area contributed by atoms with Crippen LogP contribution in [0.2, 0.25) is 0 Å². The van der Waals surface area contributed by atoms with E-state index in [2.05, 4.69) is 72.8 Å². The van der Waals surface area contributed by atoms with Crippen LogP contribution in [0.1, 0.15) is 97.6 Å². The molecule has 0 aliphatic rings. The molecule has 4 aromatic carbocycles. The Hall–Kier alpha value is -3.52. The maximum Gasteiger partial charge on any atom is 0.0314 e. The zero-order chi connectivity index (χ0) is 27.8. The lowest BCUT2D eigenvalue weighted by atomic mass is 10.00. The average Bonchev–Trinajstić information content (AvgIpc) is 2.98. The normalized spacial score (nSPS) is 11.1. The van der Waals surface area contributed by atoms with E-state index in [0.29, 0.717) is 0 Å². The highest BCUT2D eigenvalue weighted by molar-refractivity contribution is 5.41. The van der Waals surface area contributed by atoms with Gasteiger partial charge >= 0.3 is 0 Å². The van der Waals surface area contributed by atoms with Crippen LogP contribution in [0.3, 0.4) is 0 Å². The van der Waals surface area contributed by atoms with Gasteiger partial charge in [0.1, 0.15) is 0 Å². The van der Waals surface area contributed by atoms with Crippen molar-refractivity contribution in [1.29, 1.82) is 0 Å². The van der Waals surface area contributed by atoms with E-state index < -0.39 is 0 Å². The summed E-state index contributed by atoms with van der Waals surface area (Å²) in [5.74, 6) is 0. The van der Waals surface area contributed by atoms with Crippen LogP contribution in [-0.2, 0) is 25.7 Å². The van der Waals surface area contributed by atoms with Crippen molar-refractivity contribution in [2.24, 2.45) is 0 Å². The van der Waals surface area contributed by atoms with E-state index in [1.807, 2.05) is 24.3 Å². The highest BCUT2D eigenvalue weighted by Gasteiger charge is 2.01. The van der Waals surface area contributed by atoms with Crippen molar-refractivity contribution in [2.75, 3.05) is 11.5 Å². The summed E-state index contributed by atoms with van der Waals surface area (Å²) < 4.78 is 0. The summed E-state index contributed by atoms with van der Waals surface area (Å²) in [5.41, 5.74) is 21.5. The molecule has 0 saturated carbocycles. The summed E-state index contributed by atoms with van der Waals surface area (Å²) >= 11 is 0. The smallest absolute Gasteiger partial charge is 0.0314 e. The minimum Gasteiger partial charge on any atom is -0.399 e. The van der Waals surface area contributed by atoms with Gasteiger partial charge in [0.25, 0.3) is 0 Å². The predicted octanol–water partition coefficient (Wildman–Crippen LogP) is 9.72. The van der Waals surface area contributed by atoms with E-state index >= 15 is 0 Å². The van der Waals surface area contributed by atoms with Crippen LogP contribution >= 0.6 is 0 Å². The van der Waals surface area contributed by atoms with Crippen molar-refractivity contribution in [2.45, 2.75) is 89.9 Å². The Morgan fingerprint density at radius 2 is 0.500 bits per heavy atom. The Labute approximate surface area is 242 Å². The molecular weight excluding hydrogens is 484 g/mol. The second-order valence-electron chi connectivity index (χ2n) is 11.5. The molecule has 4 N–H and O–H groups in total. The number of anilines is 2. The van der Waals surface area contributed by atoms with Crippen LogP contribution < -0.4 is 11.5 Å². The molecule has 2 heteroatoms. The first-order valence-corrected chi connectivity index (χ1v) is 15.5. The minimum atomic E-state index is 0.829. The molecule has 0 saturated heterocycles. The zero-order valence-corrected chi connectivity index (χ0v) is 24.3. The van der Waals surface area contributed by atoms with Gasteiger partial charge in [-0.2, -0.15) is 0 Å². The van der Waals surface area contributed by atoms with Crippen LogP contribution in [0.15, 0.2) is 97.1 Å². The third-order valence-corrected chi connectivity index (χ3v) is 8.00. The second kappa shape index (κ2) is 16.6. The Kier molecular flexibility index (Phi) is 12.2. The monoisotopic (exact) mass is 532 g/mol. The Morgan fingerprint density at radius 1 is 0.275 bits per heavy atom. The Bertz CT molecular complexity index is 1120. The van der Waals surface area contributed by atoms with Crippen molar-refractivity contribution in [3.63, 3.8) is 0 Å². The van der Waals surface area contributed by atoms with Crippen molar-refractivity contribution in [3.8, 4) is 0 Å². The number of hydrogen-bond donors (Lipinski definition) is 2. The molecule has 0 aromatic heterocycles. The number of unbranched alkanes of at least 4 members (excludes halogenated alkanes) is 9. The van der Waals surface area contributed by atoms with Crippen LogP contribution in [0.25, 0.3) is 0 Å². The largest absolute Gasteiger partial charge is 0.399 e. The fourth-order valence-corrected chi connectivity index (χ4v) is 5.46. The first kappa shape index (κ1) is 29.5. The van der Waals surface area contributed by atoms with Gasteiger partial charge in [-0.1, -0.05) is 124 Å². The van der Waals surface area contributed by atoms with Gasteiger partial charge in [-0.15, -0.1) is 0 Å². The molecule has 0 radical (unpaired) electrons. The lowest BCUT2D eigenvalue weighted by molar-refractivity contribution is 0.551. The van der Waals surface area contributed by atoms with Gasteiger partial charge in [0, 0.05) is 11.4 Å². The van der Waals surface area contributed by atoms with Crippen LogP contribution in [0.5, 0.6) is 0 Å². The molecule has 40 heavy (non-hydrogen) atoms. The highest BCUT2D eigenvalue weighted by Crippen LogP contribution is 2.17. The van der Waals surface area contributed by atoms with Gasteiger partial charge in [0.05, 0.1) is 0 Å². The topological polar surface area (TPSA) is 52.0 Å². The van der Waals surface area contributed by atoms with Gasteiger partial charge in [0.15, 0.2) is 0 Å². The Balaban J connectivity index is 0.961. The van der Waals surface area contributed by atoms with E-state index in [1.165, 1.54) is 110 Å². The lowest BCUT2D eigenvalue weighted by Gasteiger charge is -2.06. The second-order valence-corrected chi connectivity index (χ2v) is 11.5. The molecule has 0 amide bonds. The van der Waals surface area contributed by atoms with Gasteiger partial charge < -0.3 is 11.5 Å². The fraction of sp³-hybridized carbons (Fsp3) is 0.368. The lowest BCUT2D eigenvalue weighted by Crippen LogP contribution is -1.92. The van der Waals surface area contributed by atoms with Crippen LogP contribution in [0, 0.1) is 0 Å². The summed E-state index contributed by atoms with van der Waals surface area (Å²) in [7, 11) is 0. The van der Waals surface area contributed by atoms with E-state index in [4.69, 9.17) is 11.5 Å². The van der Waals surface area contributed by atoms with Gasteiger partial charge in [-0.05, 0) is 96.2 Å². The minimum absolute atomic E-state index is 0.829. The quantitative estimate of drug-likeness (QED) is 0.105. The molecule has 0 bridgehead atoms. The standard InChI is InChI=1S/C38H48N2/c39-37-25-21-35(22-26-37)29-33-17-13-31(14-18-33)11-9-7-5-3-1-2-4-6-8-10-12-32-15-19-34(20-16-32)30-36-23-27-38(40)28-24-36/h13-28H,1-12,29-30,39-40H2. The highest BCUT2D eigenvalue weighted by atomic mass is 14.5. The van der Waals surface area contributed by atoms with Gasteiger partial charge in [-0.25, -0.2) is 0 Å². The SMILES string of the molecule is Nc1ccc(Cc2ccc(CCCCCCCCCCCCc3ccc(Cc4ccc(N)cc4)cc3)cc2)cc1. The molecule has 0 fully saturated rings. The van der Waals surface area contributed by atoms with Crippen molar-refractivity contribution >= 4 is 11.4 Å². The molecule has 0 aliphatic carbocycles. The van der Waals surface area contributed by atoms with E-state index in [-0.39, 0.29) is 0 Å². The molecule has 0 aliphatic heterocycles.